The second-order valence-corrected chi connectivity index (χ2v) is 7.29. The molecule has 1 aromatic carbocycles. The molecule has 1 N–H and O–H groups in total. The Hall–Kier alpha value is -0.680. The van der Waals surface area contributed by atoms with Gasteiger partial charge in [-0.3, -0.25) is 0 Å². The maximum absolute atomic E-state index is 3.52. The van der Waals surface area contributed by atoms with Crippen LogP contribution in [0.4, 0.5) is 0 Å². The first kappa shape index (κ1) is 13.3. The Morgan fingerprint density at radius 2 is 2.05 bits per heavy atom. The number of thiophene rings is 2. The monoisotopic (exact) mass is 351 g/mol. The van der Waals surface area contributed by atoms with Crippen molar-refractivity contribution in [3.63, 3.8) is 0 Å². The van der Waals surface area contributed by atoms with E-state index in [1.54, 1.807) is 0 Å². The second kappa shape index (κ2) is 5.75. The lowest BCUT2D eigenvalue weighted by Crippen LogP contribution is -2.17. The quantitative estimate of drug-likeness (QED) is 0.678. The first-order chi connectivity index (χ1) is 9.28. The van der Waals surface area contributed by atoms with Crippen LogP contribution in [0, 0.1) is 0 Å². The molecule has 1 nitrogen and oxygen atoms in total. The number of hydrogen-bond acceptors (Lipinski definition) is 3. The first-order valence-electron chi connectivity index (χ1n) is 6.14. The summed E-state index contributed by atoms with van der Waals surface area (Å²) in [4.78, 5) is 1.40. The Kier molecular flexibility index (Phi) is 4.03. The smallest absolute Gasteiger partial charge is 0.0380 e. The van der Waals surface area contributed by atoms with E-state index in [0.29, 0.717) is 6.04 Å². The molecule has 0 fully saturated rings. The van der Waals surface area contributed by atoms with Gasteiger partial charge in [-0.05, 0) is 51.4 Å². The normalized spacial score (nSPS) is 12.9. The molecule has 3 aromatic rings. The van der Waals surface area contributed by atoms with Gasteiger partial charge in [0.15, 0.2) is 0 Å². The van der Waals surface area contributed by atoms with Gasteiger partial charge in [0.2, 0.25) is 0 Å². The van der Waals surface area contributed by atoms with E-state index in [2.05, 4.69) is 62.3 Å². The number of nitrogens with one attached hydrogen (secondary N) is 1. The van der Waals surface area contributed by atoms with Crippen LogP contribution in [0.25, 0.3) is 10.1 Å². The van der Waals surface area contributed by atoms with Gasteiger partial charge in [-0.25, -0.2) is 0 Å². The van der Waals surface area contributed by atoms with Crippen molar-refractivity contribution in [1.82, 2.24) is 5.32 Å². The highest BCUT2D eigenvalue weighted by Crippen LogP contribution is 2.33. The van der Waals surface area contributed by atoms with Crippen LogP contribution in [0.3, 0.4) is 0 Å². The molecular weight excluding hydrogens is 338 g/mol. The average molecular weight is 352 g/mol. The van der Waals surface area contributed by atoms with E-state index in [-0.39, 0.29) is 0 Å². The van der Waals surface area contributed by atoms with Gasteiger partial charge < -0.3 is 5.32 Å². The third-order valence-electron chi connectivity index (χ3n) is 3.26. The molecule has 0 bridgehead atoms. The summed E-state index contributed by atoms with van der Waals surface area (Å²) in [5.41, 5.74) is 1.41. The van der Waals surface area contributed by atoms with Gasteiger partial charge in [-0.15, -0.1) is 22.7 Å². The van der Waals surface area contributed by atoms with Gasteiger partial charge in [0, 0.05) is 31.9 Å². The van der Waals surface area contributed by atoms with Crippen molar-refractivity contribution in [2.45, 2.75) is 12.5 Å². The fraction of sp³-hybridized carbons (Fsp3) is 0.200. The molecule has 0 aliphatic carbocycles. The van der Waals surface area contributed by atoms with Crippen molar-refractivity contribution in [3.8, 4) is 0 Å². The third-order valence-corrected chi connectivity index (χ3v) is 5.96. The molecule has 0 aliphatic rings. The minimum atomic E-state index is 0.377. The Bertz CT molecular complexity index is 686. The molecule has 1 atom stereocenters. The van der Waals surface area contributed by atoms with E-state index in [9.17, 15) is 0 Å². The zero-order valence-corrected chi connectivity index (χ0v) is 13.7. The van der Waals surface area contributed by atoms with Crippen LogP contribution < -0.4 is 5.32 Å². The summed E-state index contributed by atoms with van der Waals surface area (Å²) in [7, 11) is 2.04. The van der Waals surface area contributed by atoms with Crippen molar-refractivity contribution in [2.24, 2.45) is 0 Å². The highest BCUT2D eigenvalue weighted by Gasteiger charge is 2.15. The van der Waals surface area contributed by atoms with Crippen LogP contribution in [0.15, 0.2) is 45.6 Å². The highest BCUT2D eigenvalue weighted by atomic mass is 79.9. The van der Waals surface area contributed by atoms with Gasteiger partial charge in [-0.2, -0.15) is 0 Å². The van der Waals surface area contributed by atoms with Gasteiger partial charge in [0.1, 0.15) is 0 Å². The molecule has 0 spiro atoms. The van der Waals surface area contributed by atoms with Crippen LogP contribution in [0.2, 0.25) is 0 Å². The van der Waals surface area contributed by atoms with Crippen LogP contribution in [-0.2, 0) is 6.42 Å². The lowest BCUT2D eigenvalue weighted by atomic mass is 10.0. The molecule has 0 amide bonds. The number of benzene rings is 1. The maximum atomic E-state index is 3.52. The van der Waals surface area contributed by atoms with Crippen molar-refractivity contribution in [1.29, 1.82) is 0 Å². The van der Waals surface area contributed by atoms with Gasteiger partial charge >= 0.3 is 0 Å². The molecule has 98 valence electrons. The average Bonchev–Trinajstić information content (AvgIpc) is 3.02. The van der Waals surface area contributed by atoms with Crippen LogP contribution in [-0.4, -0.2) is 7.05 Å². The summed E-state index contributed by atoms with van der Waals surface area (Å²) < 4.78 is 2.54. The van der Waals surface area contributed by atoms with Gasteiger partial charge in [0.05, 0.1) is 0 Å². The molecule has 3 rings (SSSR count). The minimum absolute atomic E-state index is 0.377. The lowest BCUT2D eigenvalue weighted by Gasteiger charge is -2.14. The van der Waals surface area contributed by atoms with Gasteiger partial charge in [-0.1, -0.05) is 18.2 Å². The number of hydrogen-bond donors (Lipinski definition) is 1. The predicted octanol–water partition coefficient (Wildman–Crippen LogP) is 5.23. The summed E-state index contributed by atoms with van der Waals surface area (Å²) >= 11 is 7.16. The van der Waals surface area contributed by atoms with Gasteiger partial charge in [0.25, 0.3) is 0 Å². The van der Waals surface area contributed by atoms with E-state index in [4.69, 9.17) is 0 Å². The number of rotatable bonds is 4. The SMILES string of the molecule is CNC(Cc1cc(Br)cs1)c1csc2ccccc12. The molecule has 0 saturated heterocycles. The molecule has 2 heterocycles. The van der Waals surface area contributed by atoms with Crippen LogP contribution >= 0.6 is 38.6 Å². The summed E-state index contributed by atoms with van der Waals surface area (Å²) in [6, 6.07) is 11.2. The molecule has 0 saturated carbocycles. The van der Waals surface area contributed by atoms with Crippen molar-refractivity contribution < 1.29 is 0 Å². The fourth-order valence-electron chi connectivity index (χ4n) is 2.30. The van der Waals surface area contributed by atoms with E-state index in [0.717, 1.165) is 6.42 Å². The standard InChI is InChI=1S/C15H14BrNS2/c1-17-14(7-11-6-10(16)8-18-11)13-9-19-15-5-3-2-4-12(13)15/h2-6,8-9,14,17H,7H2,1H3. The van der Waals surface area contributed by atoms with Crippen LogP contribution in [0.1, 0.15) is 16.5 Å². The number of likely N-dealkylation sites (N-methyl/N-ethyl adjacent to an activating group) is 1. The number of halogens is 1. The molecule has 4 heteroatoms. The number of fused-ring (bicyclic) bond motifs is 1. The van der Waals surface area contributed by atoms with E-state index < -0.39 is 0 Å². The second-order valence-electron chi connectivity index (χ2n) is 4.46. The highest BCUT2D eigenvalue weighted by molar-refractivity contribution is 9.10. The van der Waals surface area contributed by atoms with Crippen LogP contribution in [0.5, 0.6) is 0 Å². The molecular formula is C15H14BrNS2. The zero-order chi connectivity index (χ0) is 13.2. The molecule has 19 heavy (non-hydrogen) atoms. The predicted molar refractivity (Wildman–Crippen MR) is 89.3 cm³/mol. The fourth-order valence-corrected chi connectivity index (χ4v) is 4.81. The van der Waals surface area contributed by atoms with Crippen molar-refractivity contribution in [2.75, 3.05) is 7.05 Å². The third kappa shape index (κ3) is 2.77. The minimum Gasteiger partial charge on any atom is -0.313 e. The van der Waals surface area contributed by atoms with E-state index in [1.807, 2.05) is 29.7 Å². The Morgan fingerprint density at radius 1 is 1.21 bits per heavy atom. The molecule has 2 aromatic heterocycles. The summed E-state index contributed by atoms with van der Waals surface area (Å²) in [5, 5.41) is 9.26. The zero-order valence-electron chi connectivity index (χ0n) is 10.5. The first-order valence-corrected chi connectivity index (χ1v) is 8.69. The topological polar surface area (TPSA) is 12.0 Å². The maximum Gasteiger partial charge on any atom is 0.0380 e. The molecule has 0 radical (unpaired) electrons. The van der Waals surface area contributed by atoms with Crippen molar-refractivity contribution in [3.05, 3.63) is 56.0 Å². The Balaban J connectivity index is 1.93. The van der Waals surface area contributed by atoms with Crippen molar-refractivity contribution >= 4 is 48.7 Å². The largest absolute Gasteiger partial charge is 0.313 e. The van der Waals surface area contributed by atoms with E-state index >= 15 is 0 Å². The lowest BCUT2D eigenvalue weighted by molar-refractivity contribution is 0.602. The molecule has 0 aliphatic heterocycles. The molecule has 1 unspecified atom stereocenters. The summed E-state index contributed by atoms with van der Waals surface area (Å²) in [6.45, 7) is 0. The van der Waals surface area contributed by atoms with E-state index in [1.165, 1.54) is 25.0 Å². The Morgan fingerprint density at radius 3 is 2.79 bits per heavy atom. The summed E-state index contributed by atoms with van der Waals surface area (Å²) in [5.74, 6) is 0. The Labute approximate surface area is 129 Å². The summed E-state index contributed by atoms with van der Waals surface area (Å²) in [6.07, 6.45) is 1.04.